The minimum absolute atomic E-state index is 0.128. The molecule has 0 aromatic carbocycles. The first-order valence-electron chi connectivity index (χ1n) is 7.87. The molecule has 0 bridgehead atoms. The smallest absolute Gasteiger partial charge is 0.244 e. The van der Waals surface area contributed by atoms with Gasteiger partial charge in [-0.2, -0.15) is 0 Å². The lowest BCUT2D eigenvalue weighted by Gasteiger charge is -2.36. The predicted molar refractivity (Wildman–Crippen MR) is 78.3 cm³/mol. The highest BCUT2D eigenvalue weighted by atomic mass is 16.2. The van der Waals surface area contributed by atoms with Crippen LogP contribution in [0.4, 0.5) is 0 Å². The molecule has 0 spiro atoms. The molecule has 7 nitrogen and oxygen atoms in total. The van der Waals surface area contributed by atoms with Gasteiger partial charge in [-0.05, 0) is 38.8 Å². The van der Waals surface area contributed by atoms with Crippen LogP contribution in [0.1, 0.15) is 31.4 Å². The lowest BCUT2D eigenvalue weighted by molar-refractivity contribution is -0.133. The Morgan fingerprint density at radius 3 is 2.57 bits per heavy atom. The maximum Gasteiger partial charge on any atom is 0.244 e. The van der Waals surface area contributed by atoms with Crippen LogP contribution in [-0.2, 0) is 17.9 Å². The number of hydrogen-bond donors (Lipinski definition) is 1. The zero-order valence-corrected chi connectivity index (χ0v) is 12.4. The number of rotatable bonds is 4. The number of carbonyl (C=O) groups excluding carboxylic acids is 1. The lowest BCUT2D eigenvalue weighted by Crippen LogP contribution is -2.46. The van der Waals surface area contributed by atoms with Gasteiger partial charge >= 0.3 is 0 Å². The monoisotopic (exact) mass is 292 g/mol. The second-order valence-corrected chi connectivity index (χ2v) is 5.97. The van der Waals surface area contributed by atoms with Crippen LogP contribution in [0.25, 0.3) is 0 Å². The summed E-state index contributed by atoms with van der Waals surface area (Å²) in [6, 6.07) is 0.673. The summed E-state index contributed by atoms with van der Waals surface area (Å²) >= 11 is 0. The van der Waals surface area contributed by atoms with Crippen LogP contribution in [0.15, 0.2) is 6.20 Å². The van der Waals surface area contributed by atoms with Crippen molar-refractivity contribution in [3.63, 3.8) is 0 Å². The fourth-order valence-electron chi connectivity index (χ4n) is 3.34. The summed E-state index contributed by atoms with van der Waals surface area (Å²) in [5.74, 6) is 0.128. The summed E-state index contributed by atoms with van der Waals surface area (Å²) in [5, 5.41) is 7.84. The Kier molecular flexibility index (Phi) is 4.50. The molecule has 7 heteroatoms. The predicted octanol–water partition coefficient (Wildman–Crippen LogP) is -0.176. The summed E-state index contributed by atoms with van der Waals surface area (Å²) < 4.78 is 1.58. The number of nitrogens with zero attached hydrogens (tertiary/aromatic N) is 5. The Hall–Kier alpha value is -1.47. The molecule has 2 aliphatic heterocycles. The molecule has 3 heterocycles. The molecule has 1 aromatic heterocycles. The fraction of sp³-hybridized carbons (Fsp3) is 0.786. The third-order valence-corrected chi connectivity index (χ3v) is 4.57. The van der Waals surface area contributed by atoms with Gasteiger partial charge in [-0.15, -0.1) is 5.10 Å². The van der Waals surface area contributed by atoms with Crippen LogP contribution < -0.4 is 5.73 Å². The van der Waals surface area contributed by atoms with E-state index >= 15 is 0 Å². The van der Waals surface area contributed by atoms with Gasteiger partial charge in [0.25, 0.3) is 0 Å². The van der Waals surface area contributed by atoms with Gasteiger partial charge in [-0.3, -0.25) is 4.79 Å². The highest BCUT2D eigenvalue weighted by Gasteiger charge is 2.28. The third kappa shape index (κ3) is 3.41. The summed E-state index contributed by atoms with van der Waals surface area (Å²) in [5.41, 5.74) is 6.21. The number of nitrogens with two attached hydrogens (primary N) is 1. The zero-order chi connectivity index (χ0) is 14.7. The largest absolute Gasteiger partial charge is 0.341 e. The van der Waals surface area contributed by atoms with Crippen LogP contribution in [0.5, 0.6) is 0 Å². The first-order chi connectivity index (χ1) is 10.3. The molecule has 3 rings (SSSR count). The third-order valence-electron chi connectivity index (χ3n) is 4.57. The normalized spacial score (nSPS) is 21.1. The van der Waals surface area contributed by atoms with Gasteiger partial charge < -0.3 is 15.5 Å². The van der Waals surface area contributed by atoms with E-state index in [0.29, 0.717) is 12.6 Å². The molecule has 0 aliphatic carbocycles. The van der Waals surface area contributed by atoms with Crippen molar-refractivity contribution in [2.24, 2.45) is 5.73 Å². The maximum atomic E-state index is 12.3. The molecule has 2 saturated heterocycles. The molecule has 2 N–H and O–H groups in total. The Labute approximate surface area is 125 Å². The van der Waals surface area contributed by atoms with Crippen LogP contribution in [-0.4, -0.2) is 62.9 Å². The van der Waals surface area contributed by atoms with E-state index in [9.17, 15) is 4.79 Å². The van der Waals surface area contributed by atoms with Crippen LogP contribution in [0.3, 0.4) is 0 Å². The van der Waals surface area contributed by atoms with Crippen LogP contribution >= 0.6 is 0 Å². The lowest BCUT2D eigenvalue weighted by atomic mass is 10.0. The number of amides is 1. The molecule has 0 unspecified atom stereocenters. The molecule has 2 aliphatic rings. The second-order valence-electron chi connectivity index (χ2n) is 5.97. The second kappa shape index (κ2) is 6.53. The minimum Gasteiger partial charge on any atom is -0.341 e. The van der Waals surface area contributed by atoms with E-state index in [2.05, 4.69) is 15.2 Å². The van der Waals surface area contributed by atoms with Crippen LogP contribution in [0, 0.1) is 0 Å². The standard InChI is InChI=1S/C14H24N6O/c15-9-12-10-20(17-16-12)11-14(21)19-7-3-13(4-8-19)18-5-1-2-6-18/h10,13H,1-9,11,15H2. The topological polar surface area (TPSA) is 80.3 Å². The Morgan fingerprint density at radius 1 is 1.24 bits per heavy atom. The molecule has 1 aromatic rings. The first kappa shape index (κ1) is 14.5. The molecular formula is C14H24N6O. The average Bonchev–Trinajstić information content (AvgIpc) is 3.19. The van der Waals surface area contributed by atoms with Crippen molar-refractivity contribution >= 4 is 5.91 Å². The molecule has 0 radical (unpaired) electrons. The van der Waals surface area contributed by atoms with Gasteiger partial charge in [0.05, 0.1) is 11.9 Å². The van der Waals surface area contributed by atoms with Crippen molar-refractivity contribution in [3.05, 3.63) is 11.9 Å². The van der Waals surface area contributed by atoms with Gasteiger partial charge in [0.15, 0.2) is 0 Å². The molecule has 21 heavy (non-hydrogen) atoms. The van der Waals surface area contributed by atoms with Gasteiger partial charge in [0.1, 0.15) is 6.54 Å². The maximum absolute atomic E-state index is 12.3. The number of aromatic nitrogens is 3. The zero-order valence-electron chi connectivity index (χ0n) is 12.4. The average molecular weight is 292 g/mol. The van der Waals surface area contributed by atoms with E-state index in [4.69, 9.17) is 5.73 Å². The molecule has 2 fully saturated rings. The van der Waals surface area contributed by atoms with Crippen LogP contribution in [0.2, 0.25) is 0 Å². The molecule has 116 valence electrons. The highest BCUT2D eigenvalue weighted by molar-refractivity contribution is 5.76. The van der Waals surface area contributed by atoms with E-state index in [1.165, 1.54) is 25.9 Å². The Balaban J connectivity index is 1.48. The van der Waals surface area contributed by atoms with E-state index in [1.807, 2.05) is 4.90 Å². The summed E-state index contributed by atoms with van der Waals surface area (Å²) in [6.45, 7) is 4.81. The van der Waals surface area contributed by atoms with Gasteiger partial charge in [-0.1, -0.05) is 5.21 Å². The van der Waals surface area contributed by atoms with E-state index in [0.717, 1.165) is 31.6 Å². The first-order valence-corrected chi connectivity index (χ1v) is 7.87. The number of hydrogen-bond acceptors (Lipinski definition) is 5. The molecule has 0 atom stereocenters. The summed E-state index contributed by atoms with van der Waals surface area (Å²) in [7, 11) is 0. The summed E-state index contributed by atoms with van der Waals surface area (Å²) in [6.07, 6.45) is 6.59. The van der Waals surface area contributed by atoms with Crippen molar-refractivity contribution in [2.45, 2.75) is 44.8 Å². The van der Waals surface area contributed by atoms with Crippen molar-refractivity contribution in [2.75, 3.05) is 26.2 Å². The van der Waals surface area contributed by atoms with Crippen molar-refractivity contribution in [3.8, 4) is 0 Å². The molecule has 0 saturated carbocycles. The van der Waals surface area contributed by atoms with Gasteiger partial charge in [0, 0.05) is 25.7 Å². The van der Waals surface area contributed by atoms with E-state index in [-0.39, 0.29) is 12.5 Å². The van der Waals surface area contributed by atoms with Crippen molar-refractivity contribution < 1.29 is 4.79 Å². The summed E-state index contributed by atoms with van der Waals surface area (Å²) in [4.78, 5) is 16.8. The quantitative estimate of drug-likeness (QED) is 0.833. The highest BCUT2D eigenvalue weighted by Crippen LogP contribution is 2.21. The van der Waals surface area contributed by atoms with E-state index in [1.54, 1.807) is 10.9 Å². The number of likely N-dealkylation sites (tertiary alicyclic amines) is 2. The van der Waals surface area contributed by atoms with Crippen molar-refractivity contribution in [1.82, 2.24) is 24.8 Å². The molecule has 1 amide bonds. The number of piperidine rings is 1. The van der Waals surface area contributed by atoms with Gasteiger partial charge in [0.2, 0.25) is 5.91 Å². The number of carbonyl (C=O) groups is 1. The SMILES string of the molecule is NCc1cn(CC(=O)N2CCC(N3CCCC3)CC2)nn1. The Morgan fingerprint density at radius 2 is 1.95 bits per heavy atom. The molecular weight excluding hydrogens is 268 g/mol. The Bertz CT molecular complexity index is 474. The van der Waals surface area contributed by atoms with E-state index < -0.39 is 0 Å². The van der Waals surface area contributed by atoms with Gasteiger partial charge in [-0.25, -0.2) is 4.68 Å². The van der Waals surface area contributed by atoms with Crippen molar-refractivity contribution in [1.29, 1.82) is 0 Å². The minimum atomic E-state index is 0.128. The fourth-order valence-corrected chi connectivity index (χ4v) is 3.34.